The second-order valence-electron chi connectivity index (χ2n) is 8.09. The number of carbonyl (C=O) groups is 1. The van der Waals surface area contributed by atoms with Gasteiger partial charge in [-0.2, -0.15) is 4.31 Å². The summed E-state index contributed by atoms with van der Waals surface area (Å²) in [7, 11) is -1.87. The Kier molecular flexibility index (Phi) is 4.72. The van der Waals surface area contributed by atoms with Crippen molar-refractivity contribution in [1.29, 1.82) is 0 Å². The maximum absolute atomic E-state index is 13.2. The van der Waals surface area contributed by atoms with E-state index in [-0.39, 0.29) is 36.0 Å². The van der Waals surface area contributed by atoms with Gasteiger partial charge in [0, 0.05) is 61.5 Å². The van der Waals surface area contributed by atoms with Crippen LogP contribution in [-0.4, -0.2) is 58.8 Å². The van der Waals surface area contributed by atoms with Crippen LogP contribution in [0.3, 0.4) is 0 Å². The molecule has 0 radical (unpaired) electrons. The molecule has 1 amide bonds. The van der Waals surface area contributed by atoms with E-state index in [2.05, 4.69) is 4.98 Å². The van der Waals surface area contributed by atoms with Crippen molar-refractivity contribution < 1.29 is 17.6 Å². The molecule has 32 heavy (non-hydrogen) atoms. The number of hydrogen-bond donors (Lipinski definition) is 1. The first-order valence-electron chi connectivity index (χ1n) is 10.2. The van der Waals surface area contributed by atoms with Crippen LogP contribution >= 0.6 is 0 Å². The van der Waals surface area contributed by atoms with Crippen LogP contribution in [0.15, 0.2) is 62.8 Å². The van der Waals surface area contributed by atoms with Gasteiger partial charge in [-0.25, -0.2) is 13.2 Å². The number of aromatic nitrogens is 2. The van der Waals surface area contributed by atoms with Crippen molar-refractivity contribution in [2.75, 3.05) is 19.6 Å². The number of piperazine rings is 1. The van der Waals surface area contributed by atoms with Crippen LogP contribution in [0.25, 0.3) is 22.0 Å². The van der Waals surface area contributed by atoms with Crippen LogP contribution in [-0.2, 0) is 17.1 Å². The molecule has 0 spiro atoms. The minimum Gasteiger partial charge on any atom is -0.408 e. The van der Waals surface area contributed by atoms with E-state index in [4.69, 9.17) is 4.42 Å². The normalized spacial score (nSPS) is 17.9. The lowest BCUT2D eigenvalue weighted by Gasteiger charge is -2.39. The maximum atomic E-state index is 13.2. The zero-order valence-electron chi connectivity index (χ0n) is 17.6. The van der Waals surface area contributed by atoms with Crippen LogP contribution in [0.1, 0.15) is 17.3 Å². The van der Waals surface area contributed by atoms with Crippen molar-refractivity contribution in [1.82, 2.24) is 18.8 Å². The number of fused-ring (bicyclic) bond motifs is 2. The highest BCUT2D eigenvalue weighted by Gasteiger charge is 2.35. The van der Waals surface area contributed by atoms with Gasteiger partial charge in [-0.15, -0.1) is 0 Å². The molecule has 3 heterocycles. The number of aryl methyl sites for hydroxylation is 1. The molecule has 0 unspecified atom stereocenters. The Morgan fingerprint density at radius 1 is 1.12 bits per heavy atom. The Morgan fingerprint density at radius 3 is 2.72 bits per heavy atom. The van der Waals surface area contributed by atoms with Gasteiger partial charge in [0.05, 0.1) is 10.4 Å². The first-order chi connectivity index (χ1) is 15.2. The highest BCUT2D eigenvalue weighted by atomic mass is 32.2. The molecular formula is C22H22N4O5S. The summed E-state index contributed by atoms with van der Waals surface area (Å²) in [6, 6.07) is 11.4. The number of sulfonamides is 1. The predicted octanol–water partition coefficient (Wildman–Crippen LogP) is 2.15. The first kappa shape index (κ1) is 20.5. The first-order valence-corrected chi connectivity index (χ1v) is 11.7. The zero-order valence-corrected chi connectivity index (χ0v) is 18.4. The molecule has 4 aromatic rings. The number of oxazole rings is 1. The van der Waals surface area contributed by atoms with E-state index in [1.165, 1.54) is 22.5 Å². The summed E-state index contributed by atoms with van der Waals surface area (Å²) >= 11 is 0. The lowest BCUT2D eigenvalue weighted by atomic mass is 10.1. The highest BCUT2D eigenvalue weighted by Crippen LogP contribution is 2.25. The maximum Gasteiger partial charge on any atom is 0.417 e. The van der Waals surface area contributed by atoms with Gasteiger partial charge < -0.3 is 13.9 Å². The van der Waals surface area contributed by atoms with Crippen LogP contribution in [0.5, 0.6) is 0 Å². The number of H-pyrrole nitrogens is 1. The molecule has 0 aliphatic carbocycles. The minimum atomic E-state index is -3.82. The summed E-state index contributed by atoms with van der Waals surface area (Å²) in [5, 5.41) is 0.986. The number of nitrogens with one attached hydrogen (secondary N) is 1. The van der Waals surface area contributed by atoms with Crippen molar-refractivity contribution in [2.24, 2.45) is 7.05 Å². The van der Waals surface area contributed by atoms with Gasteiger partial charge in [0.2, 0.25) is 10.0 Å². The molecule has 1 N–H and O–H groups in total. The number of benzene rings is 2. The number of rotatable bonds is 3. The van der Waals surface area contributed by atoms with E-state index < -0.39 is 21.8 Å². The lowest BCUT2D eigenvalue weighted by molar-refractivity contribution is 0.0642. The van der Waals surface area contributed by atoms with Crippen molar-refractivity contribution in [3.05, 3.63) is 64.8 Å². The molecule has 1 fully saturated rings. The van der Waals surface area contributed by atoms with Gasteiger partial charge in [0.25, 0.3) is 5.91 Å². The number of carbonyl (C=O) groups excluding carboxylic acids is 1. The summed E-state index contributed by atoms with van der Waals surface area (Å²) in [4.78, 5) is 28.7. The molecule has 166 valence electrons. The van der Waals surface area contributed by atoms with Crippen LogP contribution in [0.4, 0.5) is 0 Å². The third kappa shape index (κ3) is 3.32. The summed E-state index contributed by atoms with van der Waals surface area (Å²) in [5.41, 5.74) is 2.25. The molecule has 1 saturated heterocycles. The number of amides is 1. The van der Waals surface area contributed by atoms with E-state index >= 15 is 0 Å². The Labute approximate surface area is 183 Å². The monoisotopic (exact) mass is 454 g/mol. The second-order valence-corrected chi connectivity index (χ2v) is 9.98. The summed E-state index contributed by atoms with van der Waals surface area (Å²) in [6.45, 7) is 2.54. The standard InChI is InChI=1S/C22H22N4O5S/c1-14-13-25(21(27)16-3-6-19-15(11-16)7-8-24(19)2)9-10-26(14)32(29,30)17-4-5-18-20(12-17)31-22(28)23-18/h3-8,11-12,14H,9-10,13H2,1-2H3,(H,23,28)/t14-/m1/s1. The van der Waals surface area contributed by atoms with Crippen LogP contribution < -0.4 is 5.76 Å². The Hall–Kier alpha value is -3.37. The minimum absolute atomic E-state index is 0.0499. The third-order valence-corrected chi connectivity index (χ3v) is 7.99. The van der Waals surface area contributed by atoms with Gasteiger partial charge in [0.15, 0.2) is 5.58 Å². The van der Waals surface area contributed by atoms with Gasteiger partial charge in [-0.3, -0.25) is 9.78 Å². The molecule has 0 saturated carbocycles. The molecule has 1 atom stereocenters. The summed E-state index contributed by atoms with van der Waals surface area (Å²) < 4.78 is 34.8. The van der Waals surface area contributed by atoms with Crippen LogP contribution in [0, 0.1) is 0 Å². The van der Waals surface area contributed by atoms with E-state index in [1.807, 2.05) is 36.0 Å². The van der Waals surface area contributed by atoms with Crippen molar-refractivity contribution in [2.45, 2.75) is 17.9 Å². The summed E-state index contributed by atoms with van der Waals surface area (Å²) in [6.07, 6.45) is 1.95. The van der Waals surface area contributed by atoms with Gasteiger partial charge >= 0.3 is 5.76 Å². The zero-order chi connectivity index (χ0) is 22.6. The van der Waals surface area contributed by atoms with Gasteiger partial charge in [0.1, 0.15) is 0 Å². The fourth-order valence-corrected chi connectivity index (χ4v) is 5.93. The van der Waals surface area contributed by atoms with E-state index in [0.717, 1.165) is 10.9 Å². The van der Waals surface area contributed by atoms with E-state index in [1.54, 1.807) is 17.9 Å². The lowest BCUT2D eigenvalue weighted by Crippen LogP contribution is -2.55. The largest absolute Gasteiger partial charge is 0.417 e. The number of nitrogens with zero attached hydrogens (tertiary/aromatic N) is 3. The number of aromatic amines is 1. The SMILES string of the molecule is C[C@@H]1CN(C(=O)c2ccc3c(ccn3C)c2)CCN1S(=O)(=O)c1ccc2[nH]c(=O)oc2c1. The van der Waals surface area contributed by atoms with Crippen LogP contribution in [0.2, 0.25) is 0 Å². The quantitative estimate of drug-likeness (QED) is 0.510. The molecule has 0 bridgehead atoms. The summed E-state index contributed by atoms with van der Waals surface area (Å²) in [5.74, 6) is -0.751. The van der Waals surface area contributed by atoms with Crippen molar-refractivity contribution in [3.63, 3.8) is 0 Å². The van der Waals surface area contributed by atoms with Crippen molar-refractivity contribution >= 4 is 37.9 Å². The topological polar surface area (TPSA) is 109 Å². The molecule has 1 aliphatic heterocycles. The van der Waals surface area contributed by atoms with E-state index in [9.17, 15) is 18.0 Å². The molecule has 2 aromatic carbocycles. The molecule has 2 aromatic heterocycles. The number of hydrogen-bond acceptors (Lipinski definition) is 5. The highest BCUT2D eigenvalue weighted by molar-refractivity contribution is 7.89. The van der Waals surface area contributed by atoms with Gasteiger partial charge in [-0.1, -0.05) is 0 Å². The smallest absolute Gasteiger partial charge is 0.408 e. The Balaban J connectivity index is 1.36. The predicted molar refractivity (Wildman–Crippen MR) is 119 cm³/mol. The van der Waals surface area contributed by atoms with E-state index in [0.29, 0.717) is 11.1 Å². The molecule has 1 aliphatic rings. The fraction of sp³-hybridized carbons (Fsp3) is 0.273. The molecule has 9 nitrogen and oxygen atoms in total. The molecule has 5 rings (SSSR count). The molecule has 10 heteroatoms. The Morgan fingerprint density at radius 2 is 1.94 bits per heavy atom. The van der Waals surface area contributed by atoms with Crippen molar-refractivity contribution in [3.8, 4) is 0 Å². The fourth-order valence-electron chi connectivity index (χ4n) is 4.30. The molecular weight excluding hydrogens is 432 g/mol. The average Bonchev–Trinajstić information content (AvgIpc) is 3.33. The Bertz CT molecular complexity index is 1510. The van der Waals surface area contributed by atoms with Gasteiger partial charge in [-0.05, 0) is 43.3 Å². The average molecular weight is 455 g/mol. The second kappa shape index (κ2) is 7.35. The third-order valence-electron chi connectivity index (χ3n) is 5.98.